The number of carbonyl (C=O) groups is 1. The summed E-state index contributed by atoms with van der Waals surface area (Å²) in [7, 11) is 0. The van der Waals surface area contributed by atoms with Crippen LogP contribution in [0.1, 0.15) is 36.7 Å². The summed E-state index contributed by atoms with van der Waals surface area (Å²) in [4.78, 5) is 15.7. The predicted octanol–water partition coefficient (Wildman–Crippen LogP) is 3.98. The molecule has 1 aromatic heterocycles. The average Bonchev–Trinajstić information content (AvgIpc) is 2.14. The number of unbranched alkanes of at least 4 members (excludes halogenated alkanes) is 1. The molecule has 0 atom stereocenters. The van der Waals surface area contributed by atoms with Crippen LogP contribution in [-0.2, 0) is 0 Å². The molecule has 4 heteroatoms. The van der Waals surface area contributed by atoms with Crippen molar-refractivity contribution in [3.63, 3.8) is 0 Å². The van der Waals surface area contributed by atoms with E-state index in [0.29, 0.717) is 12.1 Å². The van der Waals surface area contributed by atoms with Crippen LogP contribution in [0.15, 0.2) is 21.2 Å². The molecule has 0 saturated carbocycles. The van der Waals surface area contributed by atoms with Gasteiger partial charge in [-0.2, -0.15) is 0 Å². The van der Waals surface area contributed by atoms with Gasteiger partial charge in [0.05, 0.1) is 0 Å². The SMILES string of the molecule is CCCCC(=O)c1ncc(Br)cc1Br. The van der Waals surface area contributed by atoms with Crippen LogP contribution >= 0.6 is 31.9 Å². The van der Waals surface area contributed by atoms with E-state index in [9.17, 15) is 4.79 Å². The van der Waals surface area contributed by atoms with E-state index >= 15 is 0 Å². The maximum absolute atomic E-state index is 11.6. The zero-order valence-corrected chi connectivity index (χ0v) is 11.1. The molecule has 1 rings (SSSR count). The molecule has 14 heavy (non-hydrogen) atoms. The molecule has 2 nitrogen and oxygen atoms in total. The first kappa shape index (κ1) is 11.9. The van der Waals surface area contributed by atoms with E-state index in [2.05, 4.69) is 43.8 Å². The molecule has 0 bridgehead atoms. The Morgan fingerprint density at radius 3 is 2.79 bits per heavy atom. The molecule has 0 fully saturated rings. The molecule has 1 heterocycles. The van der Waals surface area contributed by atoms with Crippen LogP contribution < -0.4 is 0 Å². The van der Waals surface area contributed by atoms with Crippen molar-refractivity contribution in [2.75, 3.05) is 0 Å². The summed E-state index contributed by atoms with van der Waals surface area (Å²) < 4.78 is 1.63. The number of ketones is 1. The van der Waals surface area contributed by atoms with Crippen LogP contribution in [0, 0.1) is 0 Å². The molecule has 0 saturated heterocycles. The number of aromatic nitrogens is 1. The molecule has 0 aliphatic carbocycles. The number of hydrogen-bond donors (Lipinski definition) is 0. The van der Waals surface area contributed by atoms with Gasteiger partial charge in [0.25, 0.3) is 0 Å². The highest BCUT2D eigenvalue weighted by Crippen LogP contribution is 2.21. The second-order valence-electron chi connectivity index (χ2n) is 3.01. The monoisotopic (exact) mass is 319 g/mol. The molecule has 0 unspecified atom stereocenters. The molecule has 1 aromatic rings. The van der Waals surface area contributed by atoms with Crippen molar-refractivity contribution in [1.82, 2.24) is 4.98 Å². The van der Waals surface area contributed by atoms with Crippen molar-refractivity contribution in [2.24, 2.45) is 0 Å². The van der Waals surface area contributed by atoms with Gasteiger partial charge >= 0.3 is 0 Å². The molecule has 0 radical (unpaired) electrons. The first-order chi connectivity index (χ1) is 6.65. The topological polar surface area (TPSA) is 30.0 Å². The number of halogens is 2. The van der Waals surface area contributed by atoms with Gasteiger partial charge in [0, 0.05) is 21.6 Å². The lowest BCUT2D eigenvalue weighted by Crippen LogP contribution is -2.02. The predicted molar refractivity (Wildman–Crippen MR) is 63.5 cm³/mol. The van der Waals surface area contributed by atoms with Crippen LogP contribution in [0.25, 0.3) is 0 Å². The van der Waals surface area contributed by atoms with Gasteiger partial charge in [-0.05, 0) is 44.3 Å². The third-order valence-corrected chi connectivity index (χ3v) is 2.87. The summed E-state index contributed by atoms with van der Waals surface area (Å²) in [5, 5.41) is 0. The van der Waals surface area contributed by atoms with Crippen LogP contribution in [-0.4, -0.2) is 10.8 Å². The smallest absolute Gasteiger partial charge is 0.182 e. The summed E-state index contributed by atoms with van der Waals surface area (Å²) in [6.45, 7) is 2.07. The van der Waals surface area contributed by atoms with Gasteiger partial charge in [-0.3, -0.25) is 9.78 Å². The van der Waals surface area contributed by atoms with E-state index in [4.69, 9.17) is 0 Å². The van der Waals surface area contributed by atoms with E-state index in [0.717, 1.165) is 21.8 Å². The highest BCUT2D eigenvalue weighted by Gasteiger charge is 2.10. The van der Waals surface area contributed by atoms with E-state index in [1.807, 2.05) is 6.07 Å². The highest BCUT2D eigenvalue weighted by atomic mass is 79.9. The minimum Gasteiger partial charge on any atom is -0.292 e. The summed E-state index contributed by atoms with van der Waals surface area (Å²) in [6.07, 6.45) is 4.16. The third-order valence-electron chi connectivity index (χ3n) is 1.83. The Hall–Kier alpha value is -0.220. The molecule has 0 aliphatic heterocycles. The number of hydrogen-bond acceptors (Lipinski definition) is 2. The van der Waals surface area contributed by atoms with Crippen LogP contribution in [0.5, 0.6) is 0 Å². The fraction of sp³-hybridized carbons (Fsp3) is 0.400. The Morgan fingerprint density at radius 1 is 1.50 bits per heavy atom. The largest absolute Gasteiger partial charge is 0.292 e. The number of pyridine rings is 1. The summed E-state index contributed by atoms with van der Waals surface area (Å²) in [6, 6.07) is 1.84. The zero-order valence-electron chi connectivity index (χ0n) is 7.89. The second kappa shape index (κ2) is 5.61. The fourth-order valence-electron chi connectivity index (χ4n) is 1.08. The minimum absolute atomic E-state index is 0.103. The Labute approximate surface area is 100 Å². The first-order valence-electron chi connectivity index (χ1n) is 4.49. The molecule has 0 N–H and O–H groups in total. The highest BCUT2D eigenvalue weighted by molar-refractivity contribution is 9.11. The lowest BCUT2D eigenvalue weighted by atomic mass is 10.1. The lowest BCUT2D eigenvalue weighted by molar-refractivity contribution is 0.0974. The van der Waals surface area contributed by atoms with Gasteiger partial charge in [-0.25, -0.2) is 0 Å². The Morgan fingerprint density at radius 2 is 2.21 bits per heavy atom. The van der Waals surface area contributed by atoms with Gasteiger partial charge in [0.2, 0.25) is 0 Å². The van der Waals surface area contributed by atoms with Crippen LogP contribution in [0.4, 0.5) is 0 Å². The van der Waals surface area contributed by atoms with E-state index < -0.39 is 0 Å². The lowest BCUT2D eigenvalue weighted by Gasteiger charge is -2.02. The minimum atomic E-state index is 0.103. The van der Waals surface area contributed by atoms with Crippen molar-refractivity contribution < 1.29 is 4.79 Å². The van der Waals surface area contributed by atoms with Crippen LogP contribution in [0.2, 0.25) is 0 Å². The van der Waals surface area contributed by atoms with E-state index in [1.54, 1.807) is 6.20 Å². The van der Waals surface area contributed by atoms with Crippen molar-refractivity contribution in [3.8, 4) is 0 Å². The van der Waals surface area contributed by atoms with E-state index in [-0.39, 0.29) is 5.78 Å². The number of rotatable bonds is 4. The molecule has 0 amide bonds. The molecule has 76 valence electrons. The Balaban J connectivity index is 2.80. The standard InChI is InChI=1S/C10H11Br2NO/c1-2-3-4-9(14)10-8(12)5-7(11)6-13-10/h5-6H,2-4H2,1H3. The van der Waals surface area contributed by atoms with Crippen LogP contribution in [0.3, 0.4) is 0 Å². The number of carbonyl (C=O) groups excluding carboxylic acids is 1. The molecule has 0 spiro atoms. The molecule has 0 aliphatic rings. The zero-order chi connectivity index (χ0) is 10.6. The normalized spacial score (nSPS) is 10.2. The third kappa shape index (κ3) is 3.17. The Kier molecular flexibility index (Phi) is 4.75. The quantitative estimate of drug-likeness (QED) is 0.785. The van der Waals surface area contributed by atoms with E-state index in [1.165, 1.54) is 0 Å². The first-order valence-corrected chi connectivity index (χ1v) is 6.08. The fourth-order valence-corrected chi connectivity index (χ4v) is 2.28. The Bertz CT molecular complexity index is 339. The molecular weight excluding hydrogens is 310 g/mol. The van der Waals surface area contributed by atoms with Gasteiger partial charge in [-0.15, -0.1) is 0 Å². The summed E-state index contributed by atoms with van der Waals surface area (Å²) in [5.41, 5.74) is 0.529. The maximum Gasteiger partial charge on any atom is 0.182 e. The molecular formula is C10H11Br2NO. The van der Waals surface area contributed by atoms with Gasteiger partial charge in [-0.1, -0.05) is 13.3 Å². The van der Waals surface area contributed by atoms with Gasteiger partial charge < -0.3 is 0 Å². The second-order valence-corrected chi connectivity index (χ2v) is 4.78. The molecule has 0 aromatic carbocycles. The number of Topliss-reactive ketones (excluding diaryl/α,β-unsaturated/α-hetero) is 1. The average molecular weight is 321 g/mol. The maximum atomic E-state index is 11.6. The van der Waals surface area contributed by atoms with Gasteiger partial charge in [0.15, 0.2) is 5.78 Å². The van der Waals surface area contributed by atoms with Crippen molar-refractivity contribution in [3.05, 3.63) is 26.9 Å². The van der Waals surface area contributed by atoms with Crippen molar-refractivity contribution >= 4 is 37.6 Å². The summed E-state index contributed by atoms with van der Waals surface area (Å²) in [5.74, 6) is 0.103. The van der Waals surface area contributed by atoms with Crippen molar-refractivity contribution in [1.29, 1.82) is 0 Å². The van der Waals surface area contributed by atoms with Crippen molar-refractivity contribution in [2.45, 2.75) is 26.2 Å². The van der Waals surface area contributed by atoms with Gasteiger partial charge in [0.1, 0.15) is 5.69 Å². The summed E-state index contributed by atoms with van der Waals surface area (Å²) >= 11 is 6.62. The number of nitrogens with zero attached hydrogens (tertiary/aromatic N) is 1.